The second-order valence-electron chi connectivity index (χ2n) is 4.88. The third-order valence-corrected chi connectivity index (χ3v) is 3.42. The molecule has 1 aromatic heterocycles. The molecule has 0 amide bonds. The Labute approximate surface area is 114 Å². The standard InChI is InChI=1S/C15H21NO3/c1-3-18-13-5-11(6-13)7-15(17)12-8-14(19-4-2)10-16-9-12/h8-11,13H,3-7H2,1-2H3. The molecule has 1 saturated carbocycles. The van der Waals surface area contributed by atoms with Crippen LogP contribution in [-0.2, 0) is 4.74 Å². The number of Topliss-reactive ketones (excluding diaryl/α,β-unsaturated/α-hetero) is 1. The minimum atomic E-state index is 0.147. The number of nitrogens with zero attached hydrogens (tertiary/aromatic N) is 1. The first-order chi connectivity index (χ1) is 9.22. The highest BCUT2D eigenvalue weighted by Crippen LogP contribution is 2.33. The minimum absolute atomic E-state index is 0.147. The van der Waals surface area contributed by atoms with Gasteiger partial charge in [-0.15, -0.1) is 0 Å². The second-order valence-corrected chi connectivity index (χ2v) is 4.88. The van der Waals surface area contributed by atoms with Crippen molar-refractivity contribution in [1.82, 2.24) is 4.98 Å². The van der Waals surface area contributed by atoms with Gasteiger partial charge < -0.3 is 9.47 Å². The van der Waals surface area contributed by atoms with E-state index in [1.807, 2.05) is 13.8 Å². The zero-order valence-electron chi connectivity index (χ0n) is 11.6. The van der Waals surface area contributed by atoms with Crippen LogP contribution in [0.4, 0.5) is 0 Å². The number of ether oxygens (including phenoxy) is 2. The van der Waals surface area contributed by atoms with Gasteiger partial charge in [0.15, 0.2) is 5.78 Å². The van der Waals surface area contributed by atoms with E-state index in [0.717, 1.165) is 19.4 Å². The summed E-state index contributed by atoms with van der Waals surface area (Å²) < 4.78 is 10.9. The Balaban J connectivity index is 1.85. The van der Waals surface area contributed by atoms with E-state index in [9.17, 15) is 4.79 Å². The average Bonchev–Trinajstić information content (AvgIpc) is 2.37. The molecule has 0 saturated heterocycles. The Kier molecular flexibility index (Phi) is 4.91. The molecular formula is C15H21NO3. The number of pyridine rings is 1. The van der Waals surface area contributed by atoms with Gasteiger partial charge in [0.2, 0.25) is 0 Å². The molecule has 0 radical (unpaired) electrons. The highest BCUT2D eigenvalue weighted by molar-refractivity contribution is 5.96. The molecule has 1 aliphatic carbocycles. The first kappa shape index (κ1) is 14.0. The summed E-state index contributed by atoms with van der Waals surface area (Å²) in [6.45, 7) is 5.25. The molecule has 1 fully saturated rings. The number of ketones is 1. The van der Waals surface area contributed by atoms with E-state index in [2.05, 4.69) is 4.98 Å². The van der Waals surface area contributed by atoms with Gasteiger partial charge in [-0.2, -0.15) is 0 Å². The third kappa shape index (κ3) is 3.77. The summed E-state index contributed by atoms with van der Waals surface area (Å²) >= 11 is 0. The molecule has 0 spiro atoms. The van der Waals surface area contributed by atoms with Crippen molar-refractivity contribution in [3.05, 3.63) is 24.0 Å². The fourth-order valence-electron chi connectivity index (χ4n) is 2.41. The summed E-state index contributed by atoms with van der Waals surface area (Å²) in [5.41, 5.74) is 0.644. The smallest absolute Gasteiger partial charge is 0.164 e. The molecule has 4 heteroatoms. The van der Waals surface area contributed by atoms with Crippen LogP contribution in [0.1, 0.15) is 43.5 Å². The molecular weight excluding hydrogens is 242 g/mol. The predicted molar refractivity (Wildman–Crippen MR) is 72.5 cm³/mol. The van der Waals surface area contributed by atoms with Crippen LogP contribution in [0.5, 0.6) is 5.75 Å². The monoisotopic (exact) mass is 263 g/mol. The Morgan fingerprint density at radius 3 is 2.79 bits per heavy atom. The lowest BCUT2D eigenvalue weighted by Gasteiger charge is -2.34. The fraction of sp³-hybridized carbons (Fsp3) is 0.600. The molecule has 0 N–H and O–H groups in total. The zero-order valence-corrected chi connectivity index (χ0v) is 11.6. The predicted octanol–water partition coefficient (Wildman–Crippen LogP) is 2.87. The van der Waals surface area contributed by atoms with Crippen LogP contribution in [0.3, 0.4) is 0 Å². The van der Waals surface area contributed by atoms with Crippen molar-refractivity contribution in [2.45, 2.75) is 39.2 Å². The van der Waals surface area contributed by atoms with Gasteiger partial charge in [-0.3, -0.25) is 9.78 Å². The topological polar surface area (TPSA) is 48.4 Å². The van der Waals surface area contributed by atoms with E-state index in [-0.39, 0.29) is 5.78 Å². The van der Waals surface area contributed by atoms with E-state index in [0.29, 0.717) is 36.4 Å². The number of hydrogen-bond donors (Lipinski definition) is 0. The van der Waals surface area contributed by atoms with Gasteiger partial charge in [0.1, 0.15) is 5.75 Å². The summed E-state index contributed by atoms with van der Waals surface area (Å²) in [7, 11) is 0. The summed E-state index contributed by atoms with van der Waals surface area (Å²) in [6, 6.07) is 1.78. The van der Waals surface area contributed by atoms with Gasteiger partial charge in [-0.1, -0.05) is 0 Å². The van der Waals surface area contributed by atoms with Crippen molar-refractivity contribution in [1.29, 1.82) is 0 Å². The maximum atomic E-state index is 12.1. The van der Waals surface area contributed by atoms with Gasteiger partial charge in [0.25, 0.3) is 0 Å². The summed E-state index contributed by atoms with van der Waals surface area (Å²) in [5.74, 6) is 1.27. The van der Waals surface area contributed by atoms with Crippen LogP contribution >= 0.6 is 0 Å². The number of aromatic nitrogens is 1. The Hall–Kier alpha value is -1.42. The molecule has 0 atom stereocenters. The molecule has 0 bridgehead atoms. The molecule has 1 aliphatic rings. The van der Waals surface area contributed by atoms with E-state index < -0.39 is 0 Å². The normalized spacial score (nSPS) is 21.8. The largest absolute Gasteiger partial charge is 0.492 e. The highest BCUT2D eigenvalue weighted by atomic mass is 16.5. The maximum absolute atomic E-state index is 12.1. The maximum Gasteiger partial charge on any atom is 0.164 e. The fourth-order valence-corrected chi connectivity index (χ4v) is 2.41. The highest BCUT2D eigenvalue weighted by Gasteiger charge is 2.31. The SMILES string of the molecule is CCOc1cncc(C(=O)CC2CC(OCC)C2)c1. The summed E-state index contributed by atoms with van der Waals surface area (Å²) in [5, 5.41) is 0. The molecule has 1 heterocycles. The molecule has 104 valence electrons. The van der Waals surface area contributed by atoms with Crippen LogP contribution < -0.4 is 4.74 Å². The minimum Gasteiger partial charge on any atom is -0.492 e. The van der Waals surface area contributed by atoms with Gasteiger partial charge >= 0.3 is 0 Å². The van der Waals surface area contributed by atoms with Crippen LogP contribution in [0, 0.1) is 5.92 Å². The van der Waals surface area contributed by atoms with E-state index in [1.165, 1.54) is 0 Å². The number of carbonyl (C=O) groups excluding carboxylic acids is 1. The average molecular weight is 263 g/mol. The lowest BCUT2D eigenvalue weighted by Crippen LogP contribution is -2.32. The Morgan fingerprint density at radius 1 is 1.32 bits per heavy atom. The number of rotatable bonds is 7. The second kappa shape index (κ2) is 6.66. The van der Waals surface area contributed by atoms with Crippen LogP contribution in [0.15, 0.2) is 18.5 Å². The van der Waals surface area contributed by atoms with Crippen LogP contribution in [-0.4, -0.2) is 30.1 Å². The molecule has 19 heavy (non-hydrogen) atoms. The lowest BCUT2D eigenvalue weighted by atomic mass is 9.78. The Bertz CT molecular complexity index is 427. The van der Waals surface area contributed by atoms with Gasteiger partial charge in [-0.25, -0.2) is 0 Å². The summed E-state index contributed by atoms with van der Waals surface area (Å²) in [6.07, 6.45) is 6.19. The van der Waals surface area contributed by atoms with Gasteiger partial charge in [0, 0.05) is 24.8 Å². The molecule has 0 aromatic carbocycles. The van der Waals surface area contributed by atoms with Crippen molar-refractivity contribution < 1.29 is 14.3 Å². The Morgan fingerprint density at radius 2 is 2.11 bits per heavy atom. The van der Waals surface area contributed by atoms with Crippen molar-refractivity contribution in [3.8, 4) is 5.75 Å². The van der Waals surface area contributed by atoms with Crippen LogP contribution in [0.2, 0.25) is 0 Å². The van der Waals surface area contributed by atoms with Gasteiger partial charge in [-0.05, 0) is 38.7 Å². The summed E-state index contributed by atoms with van der Waals surface area (Å²) in [4.78, 5) is 16.2. The van der Waals surface area contributed by atoms with Crippen molar-refractivity contribution in [3.63, 3.8) is 0 Å². The van der Waals surface area contributed by atoms with E-state index in [4.69, 9.17) is 9.47 Å². The first-order valence-corrected chi connectivity index (χ1v) is 6.95. The van der Waals surface area contributed by atoms with Crippen molar-refractivity contribution >= 4 is 5.78 Å². The molecule has 0 aliphatic heterocycles. The molecule has 1 aromatic rings. The van der Waals surface area contributed by atoms with E-state index in [1.54, 1.807) is 18.5 Å². The first-order valence-electron chi connectivity index (χ1n) is 6.95. The number of hydrogen-bond acceptors (Lipinski definition) is 4. The quantitative estimate of drug-likeness (QED) is 0.710. The van der Waals surface area contributed by atoms with Crippen molar-refractivity contribution in [2.75, 3.05) is 13.2 Å². The zero-order chi connectivity index (χ0) is 13.7. The third-order valence-electron chi connectivity index (χ3n) is 3.42. The molecule has 4 nitrogen and oxygen atoms in total. The molecule has 2 rings (SSSR count). The van der Waals surface area contributed by atoms with Crippen LogP contribution in [0.25, 0.3) is 0 Å². The molecule has 0 unspecified atom stereocenters. The lowest BCUT2D eigenvalue weighted by molar-refractivity contribution is -0.0246. The number of carbonyl (C=O) groups is 1. The van der Waals surface area contributed by atoms with Crippen molar-refractivity contribution in [2.24, 2.45) is 5.92 Å². The van der Waals surface area contributed by atoms with E-state index >= 15 is 0 Å². The van der Waals surface area contributed by atoms with Gasteiger partial charge in [0.05, 0.1) is 18.9 Å².